The van der Waals surface area contributed by atoms with E-state index in [1.165, 1.54) is 18.9 Å². The van der Waals surface area contributed by atoms with E-state index in [9.17, 15) is 10.1 Å². The zero-order valence-electron chi connectivity index (χ0n) is 11.8. The number of hydrogen-bond acceptors (Lipinski definition) is 5. The molecule has 1 aromatic rings. The highest BCUT2D eigenvalue weighted by Gasteiger charge is 2.23. The van der Waals surface area contributed by atoms with Crippen molar-refractivity contribution in [3.8, 4) is 0 Å². The summed E-state index contributed by atoms with van der Waals surface area (Å²) in [6.45, 7) is 1.97. The minimum Gasteiger partial charge on any atom is -0.393 e. The van der Waals surface area contributed by atoms with Crippen LogP contribution in [-0.4, -0.2) is 31.1 Å². The van der Waals surface area contributed by atoms with Gasteiger partial charge in [0.2, 0.25) is 0 Å². The van der Waals surface area contributed by atoms with Gasteiger partial charge in [-0.25, -0.2) is 0 Å². The smallest absolute Gasteiger partial charge is 0.292 e. The molecule has 1 saturated heterocycles. The predicted octanol–water partition coefficient (Wildman–Crippen LogP) is 2.15. The lowest BCUT2D eigenvalue weighted by molar-refractivity contribution is -0.383. The number of anilines is 2. The molecule has 0 aromatic heterocycles. The Kier molecular flexibility index (Phi) is 4.79. The van der Waals surface area contributed by atoms with Crippen molar-refractivity contribution in [2.45, 2.75) is 31.7 Å². The molecular formula is C14H22N4O2. The van der Waals surface area contributed by atoms with E-state index in [0.29, 0.717) is 6.04 Å². The summed E-state index contributed by atoms with van der Waals surface area (Å²) in [7, 11) is 1.96. The molecule has 1 fully saturated rings. The molecule has 1 aliphatic heterocycles. The fourth-order valence-corrected chi connectivity index (χ4v) is 2.84. The van der Waals surface area contributed by atoms with Crippen molar-refractivity contribution in [1.82, 2.24) is 5.32 Å². The van der Waals surface area contributed by atoms with E-state index >= 15 is 0 Å². The van der Waals surface area contributed by atoms with Crippen LogP contribution in [0.3, 0.4) is 0 Å². The van der Waals surface area contributed by atoms with Crippen molar-refractivity contribution >= 4 is 17.1 Å². The molecule has 0 bridgehead atoms. The van der Waals surface area contributed by atoms with Gasteiger partial charge >= 0.3 is 0 Å². The molecule has 1 atom stereocenters. The van der Waals surface area contributed by atoms with E-state index in [-0.39, 0.29) is 11.4 Å². The molecule has 1 heterocycles. The highest BCUT2D eigenvalue weighted by molar-refractivity contribution is 5.67. The second kappa shape index (κ2) is 6.56. The van der Waals surface area contributed by atoms with Crippen LogP contribution in [0, 0.1) is 10.1 Å². The van der Waals surface area contributed by atoms with E-state index in [1.807, 2.05) is 13.1 Å². The summed E-state index contributed by atoms with van der Waals surface area (Å²) in [5.74, 6) is 0. The number of benzene rings is 1. The normalized spacial score (nSPS) is 19.1. The largest absolute Gasteiger partial charge is 0.393 e. The Hall–Kier alpha value is -1.82. The number of nitro groups is 1. The van der Waals surface area contributed by atoms with Crippen molar-refractivity contribution in [1.29, 1.82) is 0 Å². The van der Waals surface area contributed by atoms with Crippen LogP contribution in [0.25, 0.3) is 0 Å². The maximum Gasteiger partial charge on any atom is 0.292 e. The summed E-state index contributed by atoms with van der Waals surface area (Å²) in [6.07, 6.45) is 4.65. The van der Waals surface area contributed by atoms with E-state index < -0.39 is 4.92 Å². The second-order valence-corrected chi connectivity index (χ2v) is 5.24. The Morgan fingerprint density at radius 1 is 1.50 bits per heavy atom. The molecule has 20 heavy (non-hydrogen) atoms. The lowest BCUT2D eigenvalue weighted by Crippen LogP contribution is -2.41. The number of rotatable bonds is 5. The van der Waals surface area contributed by atoms with Gasteiger partial charge in [-0.2, -0.15) is 0 Å². The topological polar surface area (TPSA) is 84.4 Å². The van der Waals surface area contributed by atoms with Crippen LogP contribution in [0.15, 0.2) is 18.2 Å². The van der Waals surface area contributed by atoms with Crippen LogP contribution in [0.2, 0.25) is 0 Å². The SMILES string of the molecule is CNCCC1CCCCN1c1ccc([N+](=O)[O-])c(N)c1. The molecule has 1 aromatic carbocycles. The summed E-state index contributed by atoms with van der Waals surface area (Å²) < 4.78 is 0. The number of piperidine rings is 1. The third kappa shape index (κ3) is 3.19. The zero-order chi connectivity index (χ0) is 14.5. The van der Waals surface area contributed by atoms with Crippen molar-refractivity contribution in [3.05, 3.63) is 28.3 Å². The van der Waals surface area contributed by atoms with Crippen LogP contribution in [0.1, 0.15) is 25.7 Å². The first kappa shape index (κ1) is 14.6. The number of nitrogen functional groups attached to an aromatic ring is 1. The van der Waals surface area contributed by atoms with Gasteiger partial charge in [-0.3, -0.25) is 10.1 Å². The second-order valence-electron chi connectivity index (χ2n) is 5.24. The van der Waals surface area contributed by atoms with Gasteiger partial charge in [-0.15, -0.1) is 0 Å². The average molecular weight is 278 g/mol. The Morgan fingerprint density at radius 2 is 2.30 bits per heavy atom. The summed E-state index contributed by atoms with van der Waals surface area (Å²) >= 11 is 0. The Bertz CT molecular complexity index is 478. The Morgan fingerprint density at radius 3 is 2.95 bits per heavy atom. The molecular weight excluding hydrogens is 256 g/mol. The van der Waals surface area contributed by atoms with Crippen molar-refractivity contribution in [2.75, 3.05) is 30.8 Å². The average Bonchev–Trinajstić information content (AvgIpc) is 2.45. The summed E-state index contributed by atoms with van der Waals surface area (Å²) in [6, 6.07) is 5.54. The van der Waals surface area contributed by atoms with Gasteiger partial charge in [0, 0.05) is 24.3 Å². The van der Waals surface area contributed by atoms with Crippen molar-refractivity contribution in [2.24, 2.45) is 0 Å². The monoisotopic (exact) mass is 278 g/mol. The Labute approximate surface area is 119 Å². The molecule has 0 saturated carbocycles. The van der Waals surface area contributed by atoms with Gasteiger partial charge in [0.15, 0.2) is 0 Å². The quantitative estimate of drug-likeness (QED) is 0.490. The first-order valence-electron chi connectivity index (χ1n) is 7.08. The van der Waals surface area contributed by atoms with E-state index in [4.69, 9.17) is 5.73 Å². The fourth-order valence-electron chi connectivity index (χ4n) is 2.84. The molecule has 2 rings (SSSR count). The van der Waals surface area contributed by atoms with Crippen LogP contribution in [0.5, 0.6) is 0 Å². The van der Waals surface area contributed by atoms with Gasteiger partial charge in [-0.05, 0) is 51.4 Å². The van der Waals surface area contributed by atoms with Gasteiger partial charge in [-0.1, -0.05) is 0 Å². The lowest BCUT2D eigenvalue weighted by atomic mass is 9.98. The third-order valence-corrected chi connectivity index (χ3v) is 3.89. The molecule has 6 nitrogen and oxygen atoms in total. The molecule has 0 aliphatic carbocycles. The van der Waals surface area contributed by atoms with Crippen LogP contribution < -0.4 is 16.0 Å². The van der Waals surface area contributed by atoms with Gasteiger partial charge in [0.1, 0.15) is 5.69 Å². The number of nitrogens with two attached hydrogens (primary N) is 1. The molecule has 0 amide bonds. The van der Waals surface area contributed by atoms with Gasteiger partial charge in [0.05, 0.1) is 4.92 Å². The first-order valence-corrected chi connectivity index (χ1v) is 7.08. The lowest BCUT2D eigenvalue weighted by Gasteiger charge is -2.37. The van der Waals surface area contributed by atoms with Crippen molar-refractivity contribution < 1.29 is 4.92 Å². The molecule has 3 N–H and O–H groups in total. The van der Waals surface area contributed by atoms with Gasteiger partial charge < -0.3 is 16.0 Å². The summed E-state index contributed by atoms with van der Waals surface area (Å²) in [5.41, 5.74) is 7.01. The minimum absolute atomic E-state index is 0.0162. The zero-order valence-corrected chi connectivity index (χ0v) is 11.8. The molecule has 0 radical (unpaired) electrons. The van der Waals surface area contributed by atoms with Crippen LogP contribution in [-0.2, 0) is 0 Å². The molecule has 1 aliphatic rings. The van der Waals surface area contributed by atoms with Crippen LogP contribution in [0.4, 0.5) is 17.1 Å². The number of hydrogen-bond donors (Lipinski definition) is 2. The highest BCUT2D eigenvalue weighted by Crippen LogP contribution is 2.31. The fraction of sp³-hybridized carbons (Fsp3) is 0.571. The molecule has 6 heteroatoms. The highest BCUT2D eigenvalue weighted by atomic mass is 16.6. The standard InChI is InChI=1S/C14H22N4O2/c1-16-8-7-11-4-2-3-9-17(11)12-5-6-14(18(19)20)13(15)10-12/h5-6,10-11,16H,2-4,7-9,15H2,1H3. The van der Waals surface area contributed by atoms with E-state index in [0.717, 1.165) is 31.6 Å². The number of nitrogens with zero attached hydrogens (tertiary/aromatic N) is 2. The minimum atomic E-state index is -0.437. The van der Waals surface area contributed by atoms with Crippen molar-refractivity contribution in [3.63, 3.8) is 0 Å². The summed E-state index contributed by atoms with van der Waals surface area (Å²) in [4.78, 5) is 12.7. The molecule has 110 valence electrons. The van der Waals surface area contributed by atoms with E-state index in [1.54, 1.807) is 6.07 Å². The number of nitro benzene ring substituents is 1. The Balaban J connectivity index is 2.19. The van der Waals surface area contributed by atoms with E-state index in [2.05, 4.69) is 10.2 Å². The first-order chi connectivity index (χ1) is 9.63. The maximum absolute atomic E-state index is 10.8. The molecule has 1 unspecified atom stereocenters. The van der Waals surface area contributed by atoms with Gasteiger partial charge in [0.25, 0.3) is 5.69 Å². The number of nitrogens with one attached hydrogen (secondary N) is 1. The molecule has 0 spiro atoms. The summed E-state index contributed by atoms with van der Waals surface area (Å²) in [5, 5.41) is 14.0. The van der Waals surface area contributed by atoms with Crippen LogP contribution >= 0.6 is 0 Å². The third-order valence-electron chi connectivity index (χ3n) is 3.89. The maximum atomic E-state index is 10.8. The predicted molar refractivity (Wildman–Crippen MR) is 81.0 cm³/mol.